The largest absolute Gasteiger partial charge is 0.465 e. The van der Waals surface area contributed by atoms with Crippen molar-refractivity contribution in [2.75, 3.05) is 24.4 Å². The number of benzene rings is 1. The molecule has 2 atom stereocenters. The minimum Gasteiger partial charge on any atom is -0.465 e. The first-order valence-corrected chi connectivity index (χ1v) is 11.2. The van der Waals surface area contributed by atoms with Crippen molar-refractivity contribution >= 4 is 40.2 Å². The predicted molar refractivity (Wildman–Crippen MR) is 128 cm³/mol. The predicted octanol–water partition coefficient (Wildman–Crippen LogP) is 2.91. The zero-order valence-corrected chi connectivity index (χ0v) is 19.4. The maximum absolute atomic E-state index is 14.9. The third kappa shape index (κ3) is 5.60. The fraction of sp³-hybridized carbons (Fsp3) is 0.391. The van der Waals surface area contributed by atoms with Crippen LogP contribution in [-0.4, -0.2) is 57.7 Å². The number of nitrogens with zero attached hydrogens (tertiary/aromatic N) is 3. The SMILES string of the molecule is COCCn1ncc2cc(Nc3nc(N[C@@H](C4CC4)[C@H](C)NC(=O)O)c(F)cc3C(N)=O)ccc21. The first-order chi connectivity index (χ1) is 16.8. The zero-order chi connectivity index (χ0) is 25.1. The number of fused-ring (bicyclic) bond motifs is 1. The smallest absolute Gasteiger partial charge is 0.404 e. The maximum atomic E-state index is 14.9. The van der Waals surface area contributed by atoms with Crippen LogP contribution in [0.25, 0.3) is 10.9 Å². The molecule has 12 heteroatoms. The number of carboxylic acid groups (broad SMARTS) is 1. The molecule has 186 valence electrons. The summed E-state index contributed by atoms with van der Waals surface area (Å²) in [6.07, 6.45) is 2.35. The Kier molecular flexibility index (Phi) is 7.01. The molecule has 2 aromatic heterocycles. The Morgan fingerprint density at radius 1 is 1.31 bits per heavy atom. The molecule has 2 amide bonds. The molecule has 1 aliphatic carbocycles. The van der Waals surface area contributed by atoms with Gasteiger partial charge in [0.05, 0.1) is 36.5 Å². The minimum absolute atomic E-state index is 0.0842. The van der Waals surface area contributed by atoms with Crippen LogP contribution in [0.2, 0.25) is 0 Å². The summed E-state index contributed by atoms with van der Waals surface area (Å²) in [6.45, 7) is 2.84. The van der Waals surface area contributed by atoms with E-state index in [9.17, 15) is 14.0 Å². The van der Waals surface area contributed by atoms with Crippen molar-refractivity contribution in [2.45, 2.75) is 38.4 Å². The number of aromatic nitrogens is 3. The molecule has 35 heavy (non-hydrogen) atoms. The lowest BCUT2D eigenvalue weighted by molar-refractivity contribution is 0.1000. The highest BCUT2D eigenvalue weighted by Gasteiger charge is 2.36. The molecule has 0 unspecified atom stereocenters. The molecule has 6 N–H and O–H groups in total. The molecule has 0 spiro atoms. The van der Waals surface area contributed by atoms with Gasteiger partial charge in [-0.05, 0) is 49.9 Å². The average Bonchev–Trinajstić information content (AvgIpc) is 3.56. The van der Waals surface area contributed by atoms with E-state index in [1.165, 1.54) is 0 Å². The van der Waals surface area contributed by atoms with Crippen LogP contribution in [0.5, 0.6) is 0 Å². The maximum Gasteiger partial charge on any atom is 0.404 e. The number of hydrogen-bond acceptors (Lipinski definition) is 7. The number of halogens is 1. The van der Waals surface area contributed by atoms with E-state index in [4.69, 9.17) is 15.6 Å². The van der Waals surface area contributed by atoms with Crippen LogP contribution in [0, 0.1) is 11.7 Å². The molecule has 4 rings (SSSR count). The van der Waals surface area contributed by atoms with Gasteiger partial charge in [0.1, 0.15) is 5.82 Å². The molecule has 1 fully saturated rings. The number of ether oxygens (including phenoxy) is 1. The fourth-order valence-corrected chi connectivity index (χ4v) is 4.08. The van der Waals surface area contributed by atoms with Crippen molar-refractivity contribution in [1.29, 1.82) is 0 Å². The molecule has 1 saturated carbocycles. The van der Waals surface area contributed by atoms with E-state index in [0.717, 1.165) is 29.8 Å². The van der Waals surface area contributed by atoms with E-state index in [-0.39, 0.29) is 29.2 Å². The van der Waals surface area contributed by atoms with Gasteiger partial charge in [-0.1, -0.05) is 0 Å². The third-order valence-electron chi connectivity index (χ3n) is 5.98. The number of nitrogens with one attached hydrogen (secondary N) is 3. The van der Waals surface area contributed by atoms with E-state index in [0.29, 0.717) is 18.8 Å². The number of pyridine rings is 1. The van der Waals surface area contributed by atoms with E-state index in [2.05, 4.69) is 26.0 Å². The standard InChI is InChI=1S/C23H28FN7O4/c1-12(27-23(33)34)19(13-3-4-13)29-22-17(24)10-16(20(25)32)21(30-22)28-15-5-6-18-14(9-15)11-26-31(18)7-8-35-2/h5-6,9-13,19,27H,3-4,7-8H2,1-2H3,(H2,25,32)(H,33,34)(H2,28,29,30)/t12-,19+/m0/s1. The van der Waals surface area contributed by atoms with Crippen molar-refractivity contribution in [3.8, 4) is 0 Å². The van der Waals surface area contributed by atoms with Crippen LogP contribution < -0.4 is 21.7 Å². The Bertz CT molecular complexity index is 1240. The Hall–Kier alpha value is -3.93. The summed E-state index contributed by atoms with van der Waals surface area (Å²) in [4.78, 5) is 27.4. The highest BCUT2D eigenvalue weighted by molar-refractivity contribution is 5.99. The van der Waals surface area contributed by atoms with Gasteiger partial charge in [-0.25, -0.2) is 14.2 Å². The molecule has 11 nitrogen and oxygen atoms in total. The van der Waals surface area contributed by atoms with E-state index < -0.39 is 23.9 Å². The first-order valence-electron chi connectivity index (χ1n) is 11.2. The van der Waals surface area contributed by atoms with Crippen LogP contribution in [-0.2, 0) is 11.3 Å². The summed E-state index contributed by atoms with van der Waals surface area (Å²) in [5.74, 6) is -1.42. The monoisotopic (exact) mass is 485 g/mol. The second kappa shape index (κ2) is 10.1. The summed E-state index contributed by atoms with van der Waals surface area (Å²) in [7, 11) is 1.62. The number of rotatable bonds is 11. The summed E-state index contributed by atoms with van der Waals surface area (Å²) < 4.78 is 21.8. The number of anilines is 3. The van der Waals surface area contributed by atoms with Crippen LogP contribution >= 0.6 is 0 Å². The first kappa shape index (κ1) is 24.2. The zero-order valence-electron chi connectivity index (χ0n) is 19.4. The summed E-state index contributed by atoms with van der Waals surface area (Å²) in [5.41, 5.74) is 6.89. The average molecular weight is 486 g/mol. The molecule has 0 bridgehead atoms. The van der Waals surface area contributed by atoms with Gasteiger partial charge >= 0.3 is 6.09 Å². The molecular formula is C23H28FN7O4. The molecule has 2 heterocycles. The number of carbonyl (C=O) groups excluding carboxylic acids is 1. The Balaban J connectivity index is 1.62. The van der Waals surface area contributed by atoms with Crippen LogP contribution in [0.15, 0.2) is 30.5 Å². The van der Waals surface area contributed by atoms with E-state index in [1.54, 1.807) is 26.3 Å². The number of hydrogen-bond donors (Lipinski definition) is 5. The summed E-state index contributed by atoms with van der Waals surface area (Å²) in [5, 5.41) is 22.8. The Labute approximate surface area is 200 Å². The Morgan fingerprint density at radius 2 is 2.09 bits per heavy atom. The molecule has 0 aliphatic heterocycles. The molecule has 1 aliphatic rings. The van der Waals surface area contributed by atoms with Crippen molar-refractivity contribution < 1.29 is 23.8 Å². The normalized spacial score (nSPS) is 14.9. The number of amides is 2. The second-order valence-electron chi connectivity index (χ2n) is 8.58. The van der Waals surface area contributed by atoms with Gasteiger partial charge in [-0.2, -0.15) is 5.10 Å². The highest BCUT2D eigenvalue weighted by Crippen LogP contribution is 2.36. The van der Waals surface area contributed by atoms with Gasteiger partial charge in [-0.15, -0.1) is 0 Å². The van der Waals surface area contributed by atoms with Crippen LogP contribution in [0.3, 0.4) is 0 Å². The second-order valence-corrected chi connectivity index (χ2v) is 8.58. The van der Waals surface area contributed by atoms with Crippen molar-refractivity contribution in [3.63, 3.8) is 0 Å². The van der Waals surface area contributed by atoms with Gasteiger partial charge in [0.2, 0.25) is 0 Å². The van der Waals surface area contributed by atoms with E-state index >= 15 is 0 Å². The van der Waals surface area contributed by atoms with Gasteiger partial charge in [0.25, 0.3) is 5.91 Å². The lowest BCUT2D eigenvalue weighted by Gasteiger charge is -2.26. The Morgan fingerprint density at radius 3 is 2.74 bits per heavy atom. The topological polar surface area (TPSA) is 156 Å². The quantitative estimate of drug-likeness (QED) is 0.277. The third-order valence-corrected chi connectivity index (χ3v) is 5.98. The lowest BCUT2D eigenvalue weighted by Crippen LogP contribution is -2.45. The van der Waals surface area contributed by atoms with Gasteiger partial charge in [0, 0.05) is 24.2 Å². The minimum atomic E-state index is -1.16. The van der Waals surface area contributed by atoms with E-state index in [1.807, 2.05) is 16.8 Å². The molecule has 1 aromatic carbocycles. The van der Waals surface area contributed by atoms with Crippen molar-refractivity contribution in [3.05, 3.63) is 41.8 Å². The van der Waals surface area contributed by atoms with Crippen molar-refractivity contribution in [2.24, 2.45) is 11.7 Å². The van der Waals surface area contributed by atoms with Crippen molar-refractivity contribution in [1.82, 2.24) is 20.1 Å². The molecular weight excluding hydrogens is 457 g/mol. The lowest BCUT2D eigenvalue weighted by atomic mass is 10.0. The highest BCUT2D eigenvalue weighted by atomic mass is 19.1. The number of primary amides is 1. The number of nitrogens with two attached hydrogens (primary N) is 1. The fourth-order valence-electron chi connectivity index (χ4n) is 4.08. The van der Waals surface area contributed by atoms with Crippen LogP contribution in [0.1, 0.15) is 30.1 Å². The molecule has 0 saturated heterocycles. The number of carbonyl (C=O) groups is 2. The summed E-state index contributed by atoms with van der Waals surface area (Å²) >= 11 is 0. The summed E-state index contributed by atoms with van der Waals surface area (Å²) in [6, 6.07) is 5.68. The number of methoxy groups -OCH3 is 1. The van der Waals surface area contributed by atoms with Gasteiger partial charge in [-0.3, -0.25) is 9.48 Å². The van der Waals surface area contributed by atoms with Crippen LogP contribution in [0.4, 0.5) is 26.5 Å². The molecule has 0 radical (unpaired) electrons. The van der Waals surface area contributed by atoms with Gasteiger partial charge < -0.3 is 31.5 Å². The van der Waals surface area contributed by atoms with Gasteiger partial charge in [0.15, 0.2) is 11.6 Å². The molecule has 3 aromatic rings.